The molecule has 3 aromatic heterocycles. The largest absolute Gasteiger partial charge is 0.494 e. The van der Waals surface area contributed by atoms with Gasteiger partial charge in [-0.3, -0.25) is 4.79 Å². The van der Waals surface area contributed by atoms with Crippen molar-refractivity contribution < 1.29 is 31.5 Å². The van der Waals surface area contributed by atoms with Crippen LogP contribution in [0.2, 0.25) is 0 Å². The van der Waals surface area contributed by atoms with Gasteiger partial charge in [-0.1, -0.05) is 0 Å². The number of aromatic nitrogens is 2. The third-order valence-electron chi connectivity index (χ3n) is 4.66. The molecular weight excluding hydrogens is 429 g/mol. The summed E-state index contributed by atoms with van der Waals surface area (Å²) in [4.78, 5) is 20.6. The number of furan rings is 1. The van der Waals surface area contributed by atoms with Gasteiger partial charge < -0.3 is 24.6 Å². The highest BCUT2D eigenvalue weighted by Crippen LogP contribution is 2.36. The number of nitrogens with zero attached hydrogens (tertiary/aromatic N) is 2. The number of ether oxygens (including phenoxy) is 1. The molecule has 0 aliphatic carbocycles. The number of carbonyl (C=O) groups excluding carboxylic acids is 1. The number of benzene rings is 1. The summed E-state index contributed by atoms with van der Waals surface area (Å²) < 4.78 is 55.4. The predicted molar refractivity (Wildman–Crippen MR) is 107 cm³/mol. The van der Waals surface area contributed by atoms with E-state index in [1.54, 1.807) is 18.2 Å². The lowest BCUT2D eigenvalue weighted by Gasteiger charge is -2.11. The van der Waals surface area contributed by atoms with Crippen molar-refractivity contribution in [3.05, 3.63) is 65.6 Å². The fourth-order valence-corrected chi connectivity index (χ4v) is 3.15. The number of hydrogen-bond acceptors (Lipinski definition) is 7. The number of pyridine rings is 1. The van der Waals surface area contributed by atoms with Gasteiger partial charge in [0.1, 0.15) is 22.7 Å². The molecule has 0 saturated carbocycles. The van der Waals surface area contributed by atoms with Gasteiger partial charge in [-0.05, 0) is 36.4 Å². The maximum atomic E-state index is 13.1. The Morgan fingerprint density at radius 2 is 2.00 bits per heavy atom. The van der Waals surface area contributed by atoms with Crippen molar-refractivity contribution in [3.63, 3.8) is 0 Å². The Hall–Kier alpha value is -3.86. The smallest absolute Gasteiger partial charge is 0.433 e. The van der Waals surface area contributed by atoms with Gasteiger partial charge in [0, 0.05) is 10.9 Å². The maximum Gasteiger partial charge on any atom is 0.433 e. The standard InChI is InChI=1S/C21H17F3N4O4/c1-30-14-6-4-13(12-5-7-16(21(22,23)24)27-17(12)14)20-28-18(15(9-25)32-20)19(29)26-10-11-3-2-8-31-11/h2-8H,9-10,25H2,1H3,(H,26,29). The SMILES string of the molecule is COc1ccc(-c2nc(C(=O)NCc3ccco3)c(CN)o2)c2ccc(C(F)(F)F)nc12. The van der Waals surface area contributed by atoms with E-state index in [2.05, 4.69) is 15.3 Å². The third kappa shape index (κ3) is 4.02. The van der Waals surface area contributed by atoms with E-state index < -0.39 is 17.8 Å². The fourth-order valence-electron chi connectivity index (χ4n) is 3.15. The zero-order valence-electron chi connectivity index (χ0n) is 16.7. The van der Waals surface area contributed by atoms with Crippen LogP contribution in [-0.4, -0.2) is 23.0 Å². The minimum absolute atomic E-state index is 0.0165. The number of methoxy groups -OCH3 is 1. The molecule has 0 unspecified atom stereocenters. The molecule has 1 aromatic carbocycles. The molecule has 3 N–H and O–H groups in total. The molecule has 8 nitrogen and oxygen atoms in total. The lowest BCUT2D eigenvalue weighted by Crippen LogP contribution is -2.24. The van der Waals surface area contributed by atoms with Gasteiger partial charge in [-0.2, -0.15) is 13.2 Å². The summed E-state index contributed by atoms with van der Waals surface area (Å²) in [5.41, 5.74) is 4.93. The predicted octanol–water partition coefficient (Wildman–Crippen LogP) is 3.90. The summed E-state index contributed by atoms with van der Waals surface area (Å²) in [5, 5.41) is 2.96. The third-order valence-corrected chi connectivity index (χ3v) is 4.66. The fraction of sp³-hybridized carbons (Fsp3) is 0.190. The molecular formula is C21H17F3N4O4. The summed E-state index contributed by atoms with van der Waals surface area (Å²) in [6, 6.07) is 8.51. The Balaban J connectivity index is 1.74. The van der Waals surface area contributed by atoms with Crippen LogP contribution < -0.4 is 15.8 Å². The number of amides is 1. The Morgan fingerprint density at radius 3 is 2.66 bits per heavy atom. The highest BCUT2D eigenvalue weighted by atomic mass is 19.4. The van der Waals surface area contributed by atoms with Crippen molar-refractivity contribution in [3.8, 4) is 17.2 Å². The number of nitrogens with two attached hydrogens (primary N) is 1. The first-order chi connectivity index (χ1) is 15.3. The molecule has 166 valence electrons. The van der Waals surface area contributed by atoms with Gasteiger partial charge in [0.2, 0.25) is 5.89 Å². The van der Waals surface area contributed by atoms with Gasteiger partial charge in [-0.15, -0.1) is 0 Å². The molecule has 11 heteroatoms. The average molecular weight is 446 g/mol. The number of carbonyl (C=O) groups is 1. The topological polar surface area (TPSA) is 116 Å². The van der Waals surface area contributed by atoms with E-state index in [4.69, 9.17) is 19.3 Å². The van der Waals surface area contributed by atoms with Gasteiger partial charge in [-0.25, -0.2) is 9.97 Å². The quantitative estimate of drug-likeness (QED) is 0.461. The average Bonchev–Trinajstić information content (AvgIpc) is 3.45. The lowest BCUT2D eigenvalue weighted by atomic mass is 10.1. The van der Waals surface area contributed by atoms with Gasteiger partial charge in [0.05, 0.1) is 26.5 Å². The molecule has 0 aliphatic rings. The van der Waals surface area contributed by atoms with E-state index in [1.165, 1.54) is 25.5 Å². The second kappa shape index (κ2) is 8.35. The minimum atomic E-state index is -4.62. The molecule has 0 aliphatic heterocycles. The van der Waals surface area contributed by atoms with Crippen molar-refractivity contribution in [1.29, 1.82) is 0 Å². The van der Waals surface area contributed by atoms with Crippen LogP contribution in [0.1, 0.15) is 27.7 Å². The Morgan fingerprint density at radius 1 is 1.19 bits per heavy atom. The lowest BCUT2D eigenvalue weighted by molar-refractivity contribution is -0.140. The normalized spacial score (nSPS) is 11.7. The van der Waals surface area contributed by atoms with Gasteiger partial charge >= 0.3 is 6.18 Å². The van der Waals surface area contributed by atoms with E-state index in [1.807, 2.05) is 0 Å². The zero-order valence-corrected chi connectivity index (χ0v) is 16.7. The van der Waals surface area contributed by atoms with E-state index >= 15 is 0 Å². The summed E-state index contributed by atoms with van der Waals surface area (Å²) in [6.07, 6.45) is -3.14. The molecule has 4 aromatic rings. The van der Waals surface area contributed by atoms with Crippen LogP contribution in [0.3, 0.4) is 0 Å². The van der Waals surface area contributed by atoms with E-state index in [9.17, 15) is 18.0 Å². The van der Waals surface area contributed by atoms with Crippen LogP contribution in [0.5, 0.6) is 5.75 Å². The first-order valence-corrected chi connectivity index (χ1v) is 9.37. The highest BCUT2D eigenvalue weighted by molar-refractivity contribution is 5.98. The second-order valence-corrected chi connectivity index (χ2v) is 6.66. The van der Waals surface area contributed by atoms with Crippen LogP contribution in [0.4, 0.5) is 13.2 Å². The second-order valence-electron chi connectivity index (χ2n) is 6.66. The van der Waals surface area contributed by atoms with Crippen molar-refractivity contribution in [1.82, 2.24) is 15.3 Å². The Kier molecular flexibility index (Phi) is 5.57. The first kappa shape index (κ1) is 21.4. The first-order valence-electron chi connectivity index (χ1n) is 9.37. The molecule has 0 radical (unpaired) electrons. The number of rotatable bonds is 6. The Labute approximate surface area is 179 Å². The number of alkyl halides is 3. The van der Waals surface area contributed by atoms with E-state index in [0.29, 0.717) is 16.7 Å². The highest BCUT2D eigenvalue weighted by Gasteiger charge is 2.33. The van der Waals surface area contributed by atoms with E-state index in [-0.39, 0.29) is 41.7 Å². The zero-order chi connectivity index (χ0) is 22.9. The molecule has 0 fully saturated rings. The molecule has 4 rings (SSSR count). The number of oxazole rings is 1. The van der Waals surface area contributed by atoms with Crippen LogP contribution in [0, 0.1) is 0 Å². The molecule has 1 amide bonds. The molecule has 32 heavy (non-hydrogen) atoms. The monoisotopic (exact) mass is 446 g/mol. The summed E-state index contributed by atoms with van der Waals surface area (Å²) in [7, 11) is 1.33. The summed E-state index contributed by atoms with van der Waals surface area (Å²) >= 11 is 0. The molecule has 0 spiro atoms. The van der Waals surface area contributed by atoms with Crippen molar-refractivity contribution in [2.45, 2.75) is 19.3 Å². The molecule has 3 heterocycles. The number of fused-ring (bicyclic) bond motifs is 1. The summed E-state index contributed by atoms with van der Waals surface area (Å²) in [6.45, 7) is 0.0225. The number of nitrogens with one attached hydrogen (secondary N) is 1. The molecule has 0 saturated heterocycles. The minimum Gasteiger partial charge on any atom is -0.494 e. The number of halogens is 3. The van der Waals surface area contributed by atoms with Crippen molar-refractivity contribution in [2.75, 3.05) is 7.11 Å². The number of hydrogen-bond donors (Lipinski definition) is 2. The molecule has 0 atom stereocenters. The maximum absolute atomic E-state index is 13.1. The van der Waals surface area contributed by atoms with Crippen LogP contribution in [0.25, 0.3) is 22.4 Å². The van der Waals surface area contributed by atoms with Crippen molar-refractivity contribution >= 4 is 16.8 Å². The van der Waals surface area contributed by atoms with Crippen LogP contribution in [0.15, 0.2) is 51.5 Å². The van der Waals surface area contributed by atoms with E-state index in [0.717, 1.165) is 6.07 Å². The van der Waals surface area contributed by atoms with Gasteiger partial charge in [0.15, 0.2) is 11.5 Å². The van der Waals surface area contributed by atoms with Crippen LogP contribution >= 0.6 is 0 Å². The van der Waals surface area contributed by atoms with Crippen LogP contribution in [-0.2, 0) is 19.3 Å². The Bertz CT molecular complexity index is 1270. The summed E-state index contributed by atoms with van der Waals surface area (Å²) in [5.74, 6) is 0.302. The van der Waals surface area contributed by atoms with Crippen molar-refractivity contribution in [2.24, 2.45) is 5.73 Å². The molecule has 0 bridgehead atoms. The van der Waals surface area contributed by atoms with Gasteiger partial charge in [0.25, 0.3) is 5.91 Å².